The van der Waals surface area contributed by atoms with Crippen LogP contribution in [0.5, 0.6) is 0 Å². The third kappa shape index (κ3) is 7.42. The Morgan fingerprint density at radius 3 is 2.51 bits per heavy atom. The number of piperidine rings is 2. The summed E-state index contributed by atoms with van der Waals surface area (Å²) in [5.74, 6) is 0.869. The lowest BCUT2D eigenvalue weighted by atomic mass is 9.91. The van der Waals surface area contributed by atoms with Crippen LogP contribution in [0, 0.1) is 17.2 Å². The molecule has 3 aliphatic rings. The fraction of sp³-hybridized carbons (Fsp3) is 0.421. The lowest BCUT2D eigenvalue weighted by molar-refractivity contribution is -0.134. The molecule has 2 N–H and O–H groups in total. The van der Waals surface area contributed by atoms with Gasteiger partial charge in [-0.2, -0.15) is 10.4 Å². The van der Waals surface area contributed by atoms with Crippen LogP contribution in [0.3, 0.4) is 0 Å². The molecule has 0 aromatic carbocycles. The van der Waals surface area contributed by atoms with Crippen LogP contribution in [0.4, 0.5) is 16.6 Å². The number of amides is 2. The fourth-order valence-electron chi connectivity index (χ4n) is 7.54. The van der Waals surface area contributed by atoms with E-state index >= 15 is 0 Å². The van der Waals surface area contributed by atoms with Crippen molar-refractivity contribution >= 4 is 45.3 Å². The molecule has 5 aromatic rings. The molecule has 3 fully saturated rings. The Labute approximate surface area is 311 Å². The third-order valence-corrected chi connectivity index (χ3v) is 11.4. The molecule has 0 saturated carbocycles. The monoisotopic (exact) mass is 730 g/mol. The van der Waals surface area contributed by atoms with Gasteiger partial charge in [0.2, 0.25) is 16.9 Å². The second-order valence-corrected chi connectivity index (χ2v) is 15.3. The highest BCUT2D eigenvalue weighted by atomic mass is 32.1. The van der Waals surface area contributed by atoms with Crippen molar-refractivity contribution < 1.29 is 9.59 Å². The van der Waals surface area contributed by atoms with Crippen molar-refractivity contribution in [2.75, 3.05) is 60.9 Å². The standard InChI is InChI=1S/C38H42N12O2S/c1-24(2)43-31-18-32(33-6-4-28-17-26(19-39)20-42-50(28)33)40-22-30(31)37-45-46-38(53-37)49-15-13-47(14-16-49)23-25-9-11-48(12-10-25)34-7-3-27(21-41-34)29-5-8-35(51)44-36(29)52/h3-4,6-7,17-18,20-22,24-25,29H,5,8-16,23H2,1-2H3,(H,40,43)(H,44,51,52)/t29-/m0/s1. The number of nitrogens with zero attached hydrogens (tertiary/aromatic N) is 10. The summed E-state index contributed by atoms with van der Waals surface area (Å²) in [5, 5.41) is 30.7. The predicted molar refractivity (Wildman–Crippen MR) is 204 cm³/mol. The molecule has 5 aromatic heterocycles. The molecule has 15 heteroatoms. The van der Waals surface area contributed by atoms with Gasteiger partial charge >= 0.3 is 0 Å². The third-order valence-electron chi connectivity index (χ3n) is 10.4. The molecule has 0 aliphatic carbocycles. The zero-order valence-corrected chi connectivity index (χ0v) is 30.7. The van der Waals surface area contributed by atoms with Crippen molar-refractivity contribution in [3.8, 4) is 28.0 Å². The van der Waals surface area contributed by atoms with Crippen LogP contribution in [0.2, 0.25) is 0 Å². The maximum atomic E-state index is 12.3. The molecule has 1 atom stereocenters. The van der Waals surface area contributed by atoms with E-state index in [9.17, 15) is 14.9 Å². The average molecular weight is 731 g/mol. The first-order valence-corrected chi connectivity index (χ1v) is 19.1. The summed E-state index contributed by atoms with van der Waals surface area (Å²) < 4.78 is 1.80. The van der Waals surface area contributed by atoms with Crippen molar-refractivity contribution in [3.05, 3.63) is 66.1 Å². The average Bonchev–Trinajstić information content (AvgIpc) is 3.83. The van der Waals surface area contributed by atoms with E-state index in [4.69, 9.17) is 9.97 Å². The summed E-state index contributed by atoms with van der Waals surface area (Å²) >= 11 is 1.60. The maximum absolute atomic E-state index is 12.3. The number of carbonyl (C=O) groups excluding carboxylic acids is 2. The quantitative estimate of drug-likeness (QED) is 0.204. The first-order chi connectivity index (χ1) is 25.8. The Balaban J connectivity index is 0.853. The van der Waals surface area contributed by atoms with Gasteiger partial charge in [0.05, 0.1) is 40.1 Å². The minimum absolute atomic E-state index is 0.198. The molecule has 0 spiro atoms. The predicted octanol–water partition coefficient (Wildman–Crippen LogP) is 4.56. The van der Waals surface area contributed by atoms with E-state index in [0.29, 0.717) is 24.3 Å². The largest absolute Gasteiger partial charge is 0.382 e. The number of piperazine rings is 1. The van der Waals surface area contributed by atoms with Gasteiger partial charge < -0.3 is 15.1 Å². The maximum Gasteiger partial charge on any atom is 0.234 e. The highest BCUT2D eigenvalue weighted by Crippen LogP contribution is 2.36. The van der Waals surface area contributed by atoms with Crippen LogP contribution in [0.1, 0.15) is 56.6 Å². The first-order valence-electron chi connectivity index (χ1n) is 18.3. The van der Waals surface area contributed by atoms with Gasteiger partial charge in [-0.25, -0.2) is 9.50 Å². The van der Waals surface area contributed by atoms with E-state index in [-0.39, 0.29) is 23.8 Å². The van der Waals surface area contributed by atoms with Crippen LogP contribution in [-0.4, -0.2) is 98.3 Å². The van der Waals surface area contributed by atoms with E-state index in [0.717, 1.165) is 108 Å². The van der Waals surface area contributed by atoms with E-state index in [1.165, 1.54) is 0 Å². The molecule has 272 valence electrons. The molecular formula is C38H42N12O2S. The number of pyridine rings is 2. The molecular weight excluding hydrogens is 689 g/mol. The van der Waals surface area contributed by atoms with Crippen LogP contribution in [0.15, 0.2) is 55.0 Å². The number of hydrogen-bond donors (Lipinski definition) is 2. The number of aromatic nitrogens is 6. The van der Waals surface area contributed by atoms with Gasteiger partial charge in [-0.1, -0.05) is 17.4 Å². The lowest BCUT2D eigenvalue weighted by Gasteiger charge is -2.39. The molecule has 14 nitrogen and oxygen atoms in total. The van der Waals surface area contributed by atoms with Crippen LogP contribution < -0.4 is 20.4 Å². The molecule has 0 unspecified atom stereocenters. The Morgan fingerprint density at radius 2 is 1.77 bits per heavy atom. The van der Waals surface area contributed by atoms with E-state index < -0.39 is 0 Å². The highest BCUT2D eigenvalue weighted by molar-refractivity contribution is 7.18. The topological polar surface area (TPSA) is 161 Å². The second kappa shape index (κ2) is 14.9. The van der Waals surface area contributed by atoms with Crippen LogP contribution in [-0.2, 0) is 9.59 Å². The fourth-order valence-corrected chi connectivity index (χ4v) is 8.46. The van der Waals surface area contributed by atoms with E-state index in [1.807, 2.05) is 42.6 Å². The number of nitrogens with one attached hydrogen (secondary N) is 2. The summed E-state index contributed by atoms with van der Waals surface area (Å²) in [6.07, 6.45) is 8.38. The van der Waals surface area contributed by atoms with Gasteiger partial charge in [-0.05, 0) is 74.9 Å². The van der Waals surface area contributed by atoms with Gasteiger partial charge in [-0.15, -0.1) is 10.2 Å². The summed E-state index contributed by atoms with van der Waals surface area (Å²) in [5.41, 5.74) is 5.70. The van der Waals surface area contributed by atoms with Crippen molar-refractivity contribution in [2.45, 2.75) is 51.5 Å². The molecule has 53 heavy (non-hydrogen) atoms. The summed E-state index contributed by atoms with van der Waals surface area (Å²) in [6.45, 7) is 11.0. The van der Waals surface area contributed by atoms with Gasteiger partial charge in [0.1, 0.15) is 11.9 Å². The molecule has 8 rings (SSSR count). The normalized spacial score (nSPS) is 18.8. The number of fused-ring (bicyclic) bond motifs is 1. The first kappa shape index (κ1) is 34.6. The summed E-state index contributed by atoms with van der Waals surface area (Å²) in [7, 11) is 0. The Bertz CT molecular complexity index is 2160. The van der Waals surface area contributed by atoms with E-state index in [2.05, 4.69) is 60.5 Å². The zero-order chi connectivity index (χ0) is 36.5. The molecule has 3 saturated heterocycles. The number of carbonyl (C=O) groups is 2. The molecule has 0 bridgehead atoms. The number of hydrogen-bond acceptors (Lipinski definition) is 13. The number of anilines is 3. The number of nitriles is 1. The van der Waals surface area contributed by atoms with Crippen molar-refractivity contribution in [2.24, 2.45) is 5.92 Å². The summed E-state index contributed by atoms with van der Waals surface area (Å²) in [6, 6.07) is 14.1. The lowest BCUT2D eigenvalue weighted by Crippen LogP contribution is -2.49. The van der Waals surface area contributed by atoms with Crippen molar-refractivity contribution in [3.63, 3.8) is 0 Å². The van der Waals surface area contributed by atoms with Crippen molar-refractivity contribution in [1.29, 1.82) is 5.26 Å². The van der Waals surface area contributed by atoms with Gasteiger partial charge in [0.25, 0.3) is 0 Å². The SMILES string of the molecule is CC(C)Nc1cc(-c2ccc3cc(C#N)cnn23)ncc1-c1nnc(N2CCN(CC3CCN(c4ccc([C@@H]5CCC(=O)NC5=O)cn4)CC3)CC2)s1. The Morgan fingerprint density at radius 1 is 0.943 bits per heavy atom. The van der Waals surface area contributed by atoms with Gasteiger partial charge in [0, 0.05) is 76.4 Å². The highest BCUT2D eigenvalue weighted by Gasteiger charge is 2.29. The van der Waals surface area contributed by atoms with E-state index in [1.54, 1.807) is 28.2 Å². The minimum Gasteiger partial charge on any atom is -0.382 e. The summed E-state index contributed by atoms with van der Waals surface area (Å²) in [4.78, 5) is 40.6. The number of rotatable bonds is 9. The Hall–Kier alpha value is -5.46. The second-order valence-electron chi connectivity index (χ2n) is 14.4. The minimum atomic E-state index is -0.304. The molecule has 3 aliphatic heterocycles. The van der Waals surface area contributed by atoms with Gasteiger partial charge in [-0.3, -0.25) is 24.8 Å². The Kier molecular flexibility index (Phi) is 9.72. The van der Waals surface area contributed by atoms with Gasteiger partial charge in [0.15, 0.2) is 5.01 Å². The molecule has 2 amide bonds. The zero-order valence-electron chi connectivity index (χ0n) is 29.9. The van der Waals surface area contributed by atoms with Crippen molar-refractivity contribution in [1.82, 2.24) is 40.0 Å². The van der Waals surface area contributed by atoms with Crippen LogP contribution >= 0.6 is 11.3 Å². The van der Waals surface area contributed by atoms with Crippen LogP contribution in [0.25, 0.3) is 27.5 Å². The molecule has 8 heterocycles. The number of imide groups is 1. The smallest absolute Gasteiger partial charge is 0.234 e. The molecule has 0 radical (unpaired) electrons.